The van der Waals surface area contributed by atoms with E-state index in [1.165, 1.54) is 12.1 Å². The van der Waals surface area contributed by atoms with E-state index >= 15 is 0 Å². The summed E-state index contributed by atoms with van der Waals surface area (Å²) in [4.78, 5) is 38.3. The summed E-state index contributed by atoms with van der Waals surface area (Å²) in [5.41, 5.74) is 1.31. The van der Waals surface area contributed by atoms with Crippen LogP contribution < -0.4 is 20.7 Å². The van der Waals surface area contributed by atoms with Gasteiger partial charge in [0.05, 0.1) is 4.90 Å². The summed E-state index contributed by atoms with van der Waals surface area (Å²) < 4.78 is 28.5. The largest absolute Gasteiger partial charge is 0.351 e. The molecule has 9 nitrogen and oxygen atoms in total. The van der Waals surface area contributed by atoms with Crippen LogP contribution in [-0.4, -0.2) is 43.8 Å². The Hall–Kier alpha value is -3.76. The summed E-state index contributed by atoms with van der Waals surface area (Å²) >= 11 is 0. The van der Waals surface area contributed by atoms with E-state index in [2.05, 4.69) is 20.7 Å². The standard InChI is InChI=1S/C30H38N4O5S/c1-20-13-15-25(16-14-20)40(38,39)34-24(18-28(36)33-30(3,4)5)17-27(35)32-21(2)29(37)31-19-23-11-8-10-22-9-6-7-12-26(22)23/h6-16,21,24,34H,17-19H2,1-5H3,(H,31,37)(H,32,35)(H,33,36)/t21-,24-/m0/s1. The van der Waals surface area contributed by atoms with Crippen molar-refractivity contribution in [1.29, 1.82) is 0 Å². The van der Waals surface area contributed by atoms with Crippen LogP contribution in [-0.2, 0) is 31.0 Å². The Morgan fingerprint density at radius 3 is 2.15 bits per heavy atom. The molecule has 214 valence electrons. The van der Waals surface area contributed by atoms with Crippen molar-refractivity contribution in [2.24, 2.45) is 0 Å². The van der Waals surface area contributed by atoms with Gasteiger partial charge in [-0.15, -0.1) is 0 Å². The van der Waals surface area contributed by atoms with E-state index < -0.39 is 39.5 Å². The van der Waals surface area contributed by atoms with E-state index in [0.29, 0.717) is 0 Å². The van der Waals surface area contributed by atoms with Crippen molar-refractivity contribution < 1.29 is 22.8 Å². The van der Waals surface area contributed by atoms with Gasteiger partial charge in [0.2, 0.25) is 27.7 Å². The van der Waals surface area contributed by atoms with Gasteiger partial charge in [0.1, 0.15) is 6.04 Å². The molecule has 10 heteroatoms. The van der Waals surface area contributed by atoms with E-state index in [9.17, 15) is 22.8 Å². The Kier molecular flexibility index (Phi) is 10.1. The summed E-state index contributed by atoms with van der Waals surface area (Å²) in [5.74, 6) is -1.35. The van der Waals surface area contributed by atoms with Crippen molar-refractivity contribution in [2.75, 3.05) is 0 Å². The van der Waals surface area contributed by atoms with Crippen LogP contribution in [0.1, 0.15) is 51.7 Å². The first-order valence-electron chi connectivity index (χ1n) is 13.2. The van der Waals surface area contributed by atoms with Crippen molar-refractivity contribution in [3.05, 3.63) is 77.9 Å². The molecule has 0 radical (unpaired) electrons. The highest BCUT2D eigenvalue weighted by Gasteiger charge is 2.27. The van der Waals surface area contributed by atoms with E-state index in [4.69, 9.17) is 0 Å². The Bertz CT molecular complexity index is 1460. The van der Waals surface area contributed by atoms with Crippen molar-refractivity contribution in [1.82, 2.24) is 20.7 Å². The summed E-state index contributed by atoms with van der Waals surface area (Å²) in [6.07, 6.45) is -0.582. The summed E-state index contributed by atoms with van der Waals surface area (Å²) in [5, 5.41) is 10.3. The van der Waals surface area contributed by atoms with Crippen LogP contribution in [0.25, 0.3) is 10.8 Å². The predicted octanol–water partition coefficient (Wildman–Crippen LogP) is 3.31. The van der Waals surface area contributed by atoms with Gasteiger partial charge in [-0.2, -0.15) is 0 Å². The van der Waals surface area contributed by atoms with E-state index in [-0.39, 0.29) is 30.2 Å². The number of fused-ring (bicyclic) bond motifs is 1. The lowest BCUT2D eigenvalue weighted by Gasteiger charge is -2.24. The smallest absolute Gasteiger partial charge is 0.242 e. The maximum absolute atomic E-state index is 13.0. The number of hydrogen-bond donors (Lipinski definition) is 4. The number of nitrogens with one attached hydrogen (secondary N) is 4. The van der Waals surface area contributed by atoms with Crippen LogP contribution >= 0.6 is 0 Å². The molecule has 0 spiro atoms. The monoisotopic (exact) mass is 566 g/mol. The first-order valence-corrected chi connectivity index (χ1v) is 14.7. The molecule has 3 aromatic rings. The summed E-state index contributed by atoms with van der Waals surface area (Å²) in [7, 11) is -4.00. The molecule has 3 rings (SSSR count). The number of carbonyl (C=O) groups is 3. The molecule has 0 aromatic heterocycles. The Morgan fingerprint density at radius 2 is 1.48 bits per heavy atom. The second kappa shape index (κ2) is 13.1. The molecule has 40 heavy (non-hydrogen) atoms. The molecular weight excluding hydrogens is 528 g/mol. The molecule has 0 heterocycles. The van der Waals surface area contributed by atoms with Crippen molar-refractivity contribution in [3.63, 3.8) is 0 Å². The van der Waals surface area contributed by atoms with Crippen LogP contribution in [0.2, 0.25) is 0 Å². The van der Waals surface area contributed by atoms with Crippen molar-refractivity contribution >= 4 is 38.5 Å². The lowest BCUT2D eigenvalue weighted by molar-refractivity contribution is -0.129. The predicted molar refractivity (Wildman–Crippen MR) is 156 cm³/mol. The Labute approximate surface area is 236 Å². The minimum Gasteiger partial charge on any atom is -0.351 e. The zero-order valence-corrected chi connectivity index (χ0v) is 24.4. The molecule has 0 bridgehead atoms. The fourth-order valence-corrected chi connectivity index (χ4v) is 5.46. The quantitative estimate of drug-likeness (QED) is 0.283. The maximum atomic E-state index is 13.0. The molecule has 0 fully saturated rings. The molecule has 0 aliphatic rings. The van der Waals surface area contributed by atoms with E-state index in [1.807, 2.05) is 70.2 Å². The molecule has 0 saturated heterocycles. The zero-order chi connectivity index (χ0) is 29.5. The van der Waals surface area contributed by atoms with Gasteiger partial charge in [-0.05, 0) is 63.1 Å². The van der Waals surface area contributed by atoms with Crippen molar-refractivity contribution in [2.45, 2.75) is 76.5 Å². The number of amides is 3. The maximum Gasteiger partial charge on any atom is 0.242 e. The van der Waals surface area contributed by atoms with Gasteiger partial charge in [0, 0.05) is 31.0 Å². The highest BCUT2D eigenvalue weighted by atomic mass is 32.2. The van der Waals surface area contributed by atoms with E-state index in [0.717, 1.165) is 21.9 Å². The lowest BCUT2D eigenvalue weighted by atomic mass is 10.0. The molecule has 3 amide bonds. The summed E-state index contributed by atoms with van der Waals surface area (Å²) in [6.45, 7) is 9.10. The minimum atomic E-state index is -4.00. The molecule has 0 aliphatic heterocycles. The molecule has 0 saturated carbocycles. The fourth-order valence-electron chi connectivity index (χ4n) is 4.23. The van der Waals surface area contributed by atoms with Gasteiger partial charge >= 0.3 is 0 Å². The van der Waals surface area contributed by atoms with Crippen LogP contribution in [0, 0.1) is 6.92 Å². The number of benzene rings is 3. The van der Waals surface area contributed by atoms with Crippen LogP contribution in [0.4, 0.5) is 0 Å². The lowest BCUT2D eigenvalue weighted by Crippen LogP contribution is -2.48. The van der Waals surface area contributed by atoms with Gasteiger partial charge in [0.25, 0.3) is 0 Å². The number of rotatable bonds is 11. The van der Waals surface area contributed by atoms with Crippen molar-refractivity contribution in [3.8, 4) is 0 Å². The highest BCUT2D eigenvalue weighted by Crippen LogP contribution is 2.18. The SMILES string of the molecule is Cc1ccc(S(=O)(=O)N[C@@H](CC(=O)N[C@@H](C)C(=O)NCc2cccc3ccccc23)CC(=O)NC(C)(C)C)cc1. The third-order valence-corrected chi connectivity index (χ3v) is 7.67. The topological polar surface area (TPSA) is 133 Å². The van der Waals surface area contributed by atoms with Crippen LogP contribution in [0.5, 0.6) is 0 Å². The minimum absolute atomic E-state index is 0.0286. The molecule has 0 unspecified atom stereocenters. The van der Waals surface area contributed by atoms with Crippen LogP contribution in [0.15, 0.2) is 71.6 Å². The second-order valence-electron chi connectivity index (χ2n) is 11.0. The normalized spacial score (nSPS) is 13.3. The van der Waals surface area contributed by atoms with E-state index in [1.54, 1.807) is 19.1 Å². The van der Waals surface area contributed by atoms with Crippen LogP contribution in [0.3, 0.4) is 0 Å². The molecule has 0 aliphatic carbocycles. The summed E-state index contributed by atoms with van der Waals surface area (Å²) in [6, 6.07) is 18.1. The average Bonchev–Trinajstić information content (AvgIpc) is 2.85. The number of sulfonamides is 1. The van der Waals surface area contributed by atoms with Gasteiger partial charge in [0.15, 0.2) is 0 Å². The number of aryl methyl sites for hydroxylation is 1. The molecule has 3 aromatic carbocycles. The Balaban J connectivity index is 1.64. The number of carbonyl (C=O) groups excluding carboxylic acids is 3. The van der Waals surface area contributed by atoms with Gasteiger partial charge in [-0.25, -0.2) is 13.1 Å². The first kappa shape index (κ1) is 30.8. The first-order chi connectivity index (χ1) is 18.7. The molecule has 4 N–H and O–H groups in total. The van der Waals surface area contributed by atoms with Gasteiger partial charge in [-0.1, -0.05) is 60.2 Å². The average molecular weight is 567 g/mol. The van der Waals surface area contributed by atoms with Gasteiger partial charge in [-0.3, -0.25) is 14.4 Å². The second-order valence-corrected chi connectivity index (χ2v) is 12.7. The number of hydrogen-bond acceptors (Lipinski definition) is 5. The fraction of sp³-hybridized carbons (Fsp3) is 0.367. The highest BCUT2D eigenvalue weighted by molar-refractivity contribution is 7.89. The Morgan fingerprint density at radius 1 is 0.850 bits per heavy atom. The third-order valence-electron chi connectivity index (χ3n) is 6.13. The molecular formula is C30H38N4O5S. The third kappa shape index (κ3) is 9.17. The molecule has 2 atom stereocenters. The zero-order valence-electron chi connectivity index (χ0n) is 23.6. The van der Waals surface area contributed by atoms with Gasteiger partial charge < -0.3 is 16.0 Å².